The van der Waals surface area contributed by atoms with E-state index in [4.69, 9.17) is 0 Å². The molecule has 1 N–H and O–H groups in total. The van der Waals surface area contributed by atoms with Gasteiger partial charge in [0, 0.05) is 0 Å². The van der Waals surface area contributed by atoms with Crippen LogP contribution in [-0.2, 0) is 4.79 Å². The Morgan fingerprint density at radius 1 is 0.583 bits per heavy atom. The molecule has 0 aliphatic heterocycles. The van der Waals surface area contributed by atoms with E-state index in [2.05, 4.69) is 13.8 Å². The monoisotopic (exact) mass is 340 g/mol. The van der Waals surface area contributed by atoms with Gasteiger partial charge in [-0.15, -0.1) is 0 Å². The van der Waals surface area contributed by atoms with Gasteiger partial charge in [-0.25, -0.2) is 0 Å². The molecule has 0 aliphatic rings. The van der Waals surface area contributed by atoms with Crippen LogP contribution in [0.1, 0.15) is 129 Å². The zero-order valence-electron chi connectivity index (χ0n) is 16.7. The molecule has 0 saturated heterocycles. The van der Waals surface area contributed by atoms with E-state index in [1.165, 1.54) is 89.9 Å². The first-order chi connectivity index (χ1) is 11.7. The Morgan fingerprint density at radius 3 is 1.21 bits per heavy atom. The van der Waals surface area contributed by atoms with Gasteiger partial charge in [0.1, 0.15) is 0 Å². The van der Waals surface area contributed by atoms with E-state index in [-0.39, 0.29) is 5.92 Å². The molecule has 0 aliphatic carbocycles. The fraction of sp³-hybridized carbons (Fsp3) is 0.955. The molecule has 24 heavy (non-hydrogen) atoms. The minimum Gasteiger partial charge on any atom is -0.481 e. The molecule has 2 heteroatoms. The van der Waals surface area contributed by atoms with E-state index in [9.17, 15) is 9.90 Å². The Labute approximate surface area is 151 Å². The van der Waals surface area contributed by atoms with Crippen molar-refractivity contribution in [3.63, 3.8) is 0 Å². The molecule has 0 amide bonds. The third-order valence-corrected chi connectivity index (χ3v) is 5.16. The molecule has 0 saturated carbocycles. The Bertz CT molecular complexity index is 263. The predicted octanol–water partition coefficient (Wildman–Crippen LogP) is 7.75. The zero-order chi connectivity index (χ0) is 17.9. The fourth-order valence-corrected chi connectivity index (χ4v) is 3.44. The first-order valence-corrected chi connectivity index (χ1v) is 10.9. The summed E-state index contributed by atoms with van der Waals surface area (Å²) in [6.07, 6.45) is 22.6. The summed E-state index contributed by atoms with van der Waals surface area (Å²) in [4.78, 5) is 11.3. The van der Waals surface area contributed by atoms with Crippen LogP contribution < -0.4 is 0 Å². The lowest BCUT2D eigenvalue weighted by atomic mass is 9.94. The summed E-state index contributed by atoms with van der Waals surface area (Å²) in [7, 11) is 0. The van der Waals surface area contributed by atoms with Crippen molar-refractivity contribution in [2.24, 2.45) is 5.92 Å². The quantitative estimate of drug-likeness (QED) is 0.244. The van der Waals surface area contributed by atoms with Gasteiger partial charge in [-0.1, -0.05) is 117 Å². The number of hydrogen-bond acceptors (Lipinski definition) is 1. The van der Waals surface area contributed by atoms with Crippen LogP contribution in [0.15, 0.2) is 0 Å². The Balaban J connectivity index is 3.37. The Kier molecular flexibility index (Phi) is 18.4. The summed E-state index contributed by atoms with van der Waals surface area (Å²) in [5, 5.41) is 9.31. The molecular weight excluding hydrogens is 296 g/mol. The van der Waals surface area contributed by atoms with Crippen LogP contribution in [0.2, 0.25) is 0 Å². The van der Waals surface area contributed by atoms with E-state index >= 15 is 0 Å². The van der Waals surface area contributed by atoms with Gasteiger partial charge >= 0.3 is 5.97 Å². The lowest BCUT2D eigenvalue weighted by Crippen LogP contribution is -2.13. The molecule has 0 aromatic heterocycles. The van der Waals surface area contributed by atoms with E-state index in [1.807, 2.05) is 0 Å². The second kappa shape index (κ2) is 18.8. The topological polar surface area (TPSA) is 37.3 Å². The third kappa shape index (κ3) is 16.3. The fourth-order valence-electron chi connectivity index (χ4n) is 3.44. The first-order valence-electron chi connectivity index (χ1n) is 10.9. The number of hydrogen-bond donors (Lipinski definition) is 1. The highest BCUT2D eigenvalue weighted by molar-refractivity contribution is 5.69. The predicted molar refractivity (Wildman–Crippen MR) is 106 cm³/mol. The Morgan fingerprint density at radius 2 is 0.875 bits per heavy atom. The summed E-state index contributed by atoms with van der Waals surface area (Å²) >= 11 is 0. The second-order valence-electron chi connectivity index (χ2n) is 7.56. The van der Waals surface area contributed by atoms with Crippen molar-refractivity contribution in [3.8, 4) is 0 Å². The van der Waals surface area contributed by atoms with Crippen LogP contribution in [-0.4, -0.2) is 11.1 Å². The van der Waals surface area contributed by atoms with Crippen molar-refractivity contribution >= 4 is 5.97 Å². The van der Waals surface area contributed by atoms with Gasteiger partial charge in [-0.3, -0.25) is 4.79 Å². The SMILES string of the molecule is CCCCCCCCCCCCCCC(CCCCCC)C(=O)O. The summed E-state index contributed by atoms with van der Waals surface area (Å²) in [6, 6.07) is 0. The largest absolute Gasteiger partial charge is 0.481 e. The molecule has 0 bridgehead atoms. The van der Waals surface area contributed by atoms with Crippen molar-refractivity contribution in [1.82, 2.24) is 0 Å². The van der Waals surface area contributed by atoms with Crippen LogP contribution in [0.4, 0.5) is 0 Å². The summed E-state index contributed by atoms with van der Waals surface area (Å²) in [6.45, 7) is 4.46. The van der Waals surface area contributed by atoms with E-state index in [1.54, 1.807) is 0 Å². The summed E-state index contributed by atoms with van der Waals surface area (Å²) < 4.78 is 0. The molecule has 0 aromatic rings. The number of carboxylic acid groups (broad SMARTS) is 1. The van der Waals surface area contributed by atoms with Gasteiger partial charge in [-0.05, 0) is 12.8 Å². The van der Waals surface area contributed by atoms with Crippen molar-refractivity contribution < 1.29 is 9.90 Å². The van der Waals surface area contributed by atoms with Gasteiger partial charge in [0.15, 0.2) is 0 Å². The highest BCUT2D eigenvalue weighted by Gasteiger charge is 2.15. The van der Waals surface area contributed by atoms with Crippen LogP contribution >= 0.6 is 0 Å². The van der Waals surface area contributed by atoms with Crippen molar-refractivity contribution in [2.75, 3.05) is 0 Å². The van der Waals surface area contributed by atoms with Crippen molar-refractivity contribution in [3.05, 3.63) is 0 Å². The minimum atomic E-state index is -0.574. The van der Waals surface area contributed by atoms with Crippen LogP contribution in [0, 0.1) is 5.92 Å². The van der Waals surface area contributed by atoms with E-state index in [0.717, 1.165) is 25.7 Å². The zero-order valence-corrected chi connectivity index (χ0v) is 16.7. The third-order valence-electron chi connectivity index (χ3n) is 5.16. The molecule has 2 nitrogen and oxygen atoms in total. The molecule has 0 heterocycles. The highest BCUT2D eigenvalue weighted by atomic mass is 16.4. The minimum absolute atomic E-state index is 0.0926. The number of carboxylic acids is 1. The molecule has 1 unspecified atom stereocenters. The average Bonchev–Trinajstić information content (AvgIpc) is 2.57. The highest BCUT2D eigenvalue weighted by Crippen LogP contribution is 2.19. The summed E-state index contributed by atoms with van der Waals surface area (Å²) in [5.74, 6) is -0.667. The lowest BCUT2D eigenvalue weighted by molar-refractivity contribution is -0.142. The molecular formula is C22H44O2. The van der Waals surface area contributed by atoms with Gasteiger partial charge < -0.3 is 5.11 Å². The van der Waals surface area contributed by atoms with Crippen LogP contribution in [0.5, 0.6) is 0 Å². The van der Waals surface area contributed by atoms with Crippen molar-refractivity contribution in [1.29, 1.82) is 0 Å². The molecule has 0 aromatic carbocycles. The average molecular weight is 341 g/mol. The maximum atomic E-state index is 11.3. The van der Waals surface area contributed by atoms with Gasteiger partial charge in [-0.2, -0.15) is 0 Å². The normalized spacial score (nSPS) is 12.4. The van der Waals surface area contributed by atoms with Crippen molar-refractivity contribution in [2.45, 2.75) is 129 Å². The Hall–Kier alpha value is -0.530. The standard InChI is InChI=1S/C22H44O2/c1-3-5-7-9-10-11-12-13-14-15-16-18-20-21(22(23)24)19-17-8-6-4-2/h21H,3-20H2,1-2H3,(H,23,24). The van der Waals surface area contributed by atoms with Crippen LogP contribution in [0.3, 0.4) is 0 Å². The molecule has 0 spiro atoms. The van der Waals surface area contributed by atoms with Gasteiger partial charge in [0.05, 0.1) is 5.92 Å². The molecule has 0 rings (SSSR count). The van der Waals surface area contributed by atoms with E-state index < -0.39 is 5.97 Å². The lowest BCUT2D eigenvalue weighted by Gasteiger charge is -2.12. The number of aliphatic carboxylic acids is 1. The maximum Gasteiger partial charge on any atom is 0.306 e. The smallest absolute Gasteiger partial charge is 0.306 e. The van der Waals surface area contributed by atoms with E-state index in [0.29, 0.717) is 0 Å². The number of carbonyl (C=O) groups is 1. The first kappa shape index (κ1) is 23.5. The second-order valence-corrected chi connectivity index (χ2v) is 7.56. The molecule has 0 radical (unpaired) electrons. The van der Waals surface area contributed by atoms with Gasteiger partial charge in [0.25, 0.3) is 0 Å². The maximum absolute atomic E-state index is 11.3. The summed E-state index contributed by atoms with van der Waals surface area (Å²) in [5.41, 5.74) is 0. The van der Waals surface area contributed by atoms with Crippen LogP contribution in [0.25, 0.3) is 0 Å². The molecule has 0 fully saturated rings. The molecule has 1 atom stereocenters. The number of rotatable bonds is 19. The molecule has 144 valence electrons. The van der Waals surface area contributed by atoms with Gasteiger partial charge in [0.2, 0.25) is 0 Å². The number of unbranched alkanes of at least 4 members (excludes halogenated alkanes) is 14.